The second-order valence-corrected chi connectivity index (χ2v) is 2.97. The Labute approximate surface area is 77.2 Å². The molecule has 0 aliphatic heterocycles. The molecule has 0 fully saturated rings. The van der Waals surface area contributed by atoms with Gasteiger partial charge in [0.25, 0.3) is 0 Å². The third kappa shape index (κ3) is 3.01. The van der Waals surface area contributed by atoms with Gasteiger partial charge in [-0.3, -0.25) is 4.79 Å². The van der Waals surface area contributed by atoms with Gasteiger partial charge in [0.2, 0.25) is 0 Å². The summed E-state index contributed by atoms with van der Waals surface area (Å²) in [6.07, 6.45) is 1.74. The van der Waals surface area contributed by atoms with E-state index in [1.54, 1.807) is 12.3 Å². The summed E-state index contributed by atoms with van der Waals surface area (Å²) in [4.78, 5) is 14.3. The number of hydrogen-bond donors (Lipinski definition) is 3. The van der Waals surface area contributed by atoms with Crippen molar-refractivity contribution in [3.8, 4) is 0 Å². The van der Waals surface area contributed by atoms with Crippen molar-refractivity contribution in [2.75, 3.05) is 13.1 Å². The molecule has 1 aromatic heterocycles. The largest absolute Gasteiger partial charge is 0.365 e. The zero-order chi connectivity index (χ0) is 9.68. The van der Waals surface area contributed by atoms with Crippen LogP contribution in [0.3, 0.4) is 0 Å². The smallest absolute Gasteiger partial charge is 0.186 e. The number of nitrogens with one attached hydrogen (secondary N) is 2. The average Bonchev–Trinajstić information content (AvgIpc) is 2.09. The summed E-state index contributed by atoms with van der Waals surface area (Å²) in [6.45, 7) is 3.75. The number of pyridine rings is 1. The maximum Gasteiger partial charge on any atom is 0.186 e. The number of rotatable bonds is 4. The summed E-state index contributed by atoms with van der Waals surface area (Å²) in [5, 5.41) is 3.07. The SMILES string of the molecule is Cc1cc(=O)c(CNCCN)c[nH]1. The minimum absolute atomic E-state index is 0.0702. The second kappa shape index (κ2) is 4.79. The topological polar surface area (TPSA) is 70.9 Å². The predicted octanol–water partition coefficient (Wildman–Crippen LogP) is -0.268. The minimum Gasteiger partial charge on any atom is -0.365 e. The van der Waals surface area contributed by atoms with Crippen molar-refractivity contribution in [3.63, 3.8) is 0 Å². The molecule has 0 aromatic carbocycles. The van der Waals surface area contributed by atoms with Gasteiger partial charge >= 0.3 is 0 Å². The first kappa shape index (κ1) is 9.95. The zero-order valence-electron chi connectivity index (χ0n) is 7.76. The number of aryl methyl sites for hydroxylation is 1. The Morgan fingerprint density at radius 3 is 3.00 bits per heavy atom. The Balaban J connectivity index is 2.62. The quantitative estimate of drug-likeness (QED) is 0.560. The standard InChI is InChI=1S/C9H15N3O/c1-7-4-9(13)8(6-12-7)5-11-3-2-10/h4,6,11H,2-3,5,10H2,1H3,(H,12,13). The minimum atomic E-state index is 0.0702. The third-order valence-electron chi connectivity index (χ3n) is 1.77. The highest BCUT2D eigenvalue weighted by Crippen LogP contribution is 1.90. The summed E-state index contributed by atoms with van der Waals surface area (Å²) in [6, 6.07) is 1.60. The fraction of sp³-hybridized carbons (Fsp3) is 0.444. The third-order valence-corrected chi connectivity index (χ3v) is 1.77. The summed E-state index contributed by atoms with van der Waals surface area (Å²) in [5.74, 6) is 0. The van der Waals surface area contributed by atoms with Crippen molar-refractivity contribution in [1.29, 1.82) is 0 Å². The molecule has 1 rings (SSSR count). The molecule has 0 atom stereocenters. The molecule has 0 aliphatic rings. The van der Waals surface area contributed by atoms with E-state index in [1.165, 1.54) is 0 Å². The number of aromatic amines is 1. The molecule has 4 N–H and O–H groups in total. The van der Waals surface area contributed by atoms with Gasteiger partial charge in [-0.1, -0.05) is 0 Å². The maximum atomic E-state index is 11.3. The zero-order valence-corrected chi connectivity index (χ0v) is 7.76. The molecule has 0 aliphatic carbocycles. The Morgan fingerprint density at radius 2 is 2.38 bits per heavy atom. The van der Waals surface area contributed by atoms with E-state index in [0.717, 1.165) is 17.8 Å². The van der Waals surface area contributed by atoms with Crippen LogP contribution in [-0.2, 0) is 6.54 Å². The molecule has 13 heavy (non-hydrogen) atoms. The van der Waals surface area contributed by atoms with Crippen LogP contribution < -0.4 is 16.5 Å². The van der Waals surface area contributed by atoms with Crippen molar-refractivity contribution in [1.82, 2.24) is 10.3 Å². The van der Waals surface area contributed by atoms with Gasteiger partial charge in [-0.25, -0.2) is 0 Å². The number of aromatic nitrogens is 1. The highest BCUT2D eigenvalue weighted by atomic mass is 16.1. The van der Waals surface area contributed by atoms with E-state index in [4.69, 9.17) is 5.73 Å². The fourth-order valence-corrected chi connectivity index (χ4v) is 1.07. The Bertz CT molecular complexity index is 319. The number of nitrogens with two attached hydrogens (primary N) is 1. The van der Waals surface area contributed by atoms with Gasteiger partial charge in [-0.15, -0.1) is 0 Å². The van der Waals surface area contributed by atoms with Crippen LogP contribution in [0.15, 0.2) is 17.1 Å². The maximum absolute atomic E-state index is 11.3. The fourth-order valence-electron chi connectivity index (χ4n) is 1.07. The Morgan fingerprint density at radius 1 is 1.62 bits per heavy atom. The monoisotopic (exact) mass is 181 g/mol. The second-order valence-electron chi connectivity index (χ2n) is 2.97. The number of H-pyrrole nitrogens is 1. The van der Waals surface area contributed by atoms with Gasteiger partial charge in [0.05, 0.1) is 0 Å². The molecule has 0 radical (unpaired) electrons. The van der Waals surface area contributed by atoms with Crippen LogP contribution >= 0.6 is 0 Å². The summed E-state index contributed by atoms with van der Waals surface area (Å²) in [7, 11) is 0. The van der Waals surface area contributed by atoms with Crippen molar-refractivity contribution in [3.05, 3.63) is 33.7 Å². The summed E-state index contributed by atoms with van der Waals surface area (Å²) < 4.78 is 0. The Hall–Kier alpha value is -1.13. The van der Waals surface area contributed by atoms with E-state index < -0.39 is 0 Å². The first-order valence-corrected chi connectivity index (χ1v) is 4.33. The molecule has 0 amide bonds. The molecule has 1 heterocycles. The lowest BCUT2D eigenvalue weighted by Crippen LogP contribution is -2.25. The molecular formula is C9H15N3O. The van der Waals surface area contributed by atoms with Crippen LogP contribution in [-0.4, -0.2) is 18.1 Å². The molecule has 0 bridgehead atoms. The van der Waals surface area contributed by atoms with Crippen LogP contribution in [0, 0.1) is 6.92 Å². The lowest BCUT2D eigenvalue weighted by molar-refractivity contribution is 0.690. The highest BCUT2D eigenvalue weighted by Gasteiger charge is 1.97. The van der Waals surface area contributed by atoms with Crippen molar-refractivity contribution < 1.29 is 0 Å². The lowest BCUT2D eigenvalue weighted by Gasteiger charge is -2.02. The normalized spacial score (nSPS) is 10.3. The summed E-state index contributed by atoms with van der Waals surface area (Å²) >= 11 is 0. The first-order chi connectivity index (χ1) is 6.24. The molecular weight excluding hydrogens is 166 g/mol. The van der Waals surface area contributed by atoms with E-state index in [2.05, 4.69) is 10.3 Å². The van der Waals surface area contributed by atoms with E-state index in [1.807, 2.05) is 6.92 Å². The molecule has 0 unspecified atom stereocenters. The van der Waals surface area contributed by atoms with E-state index in [-0.39, 0.29) is 5.43 Å². The van der Waals surface area contributed by atoms with Crippen molar-refractivity contribution in [2.45, 2.75) is 13.5 Å². The van der Waals surface area contributed by atoms with Gasteiger partial charge in [0.1, 0.15) is 0 Å². The van der Waals surface area contributed by atoms with Gasteiger partial charge in [0.15, 0.2) is 5.43 Å². The van der Waals surface area contributed by atoms with Crippen LogP contribution in [0.4, 0.5) is 0 Å². The van der Waals surface area contributed by atoms with Gasteiger partial charge in [-0.05, 0) is 6.92 Å². The molecule has 1 aromatic rings. The van der Waals surface area contributed by atoms with Gasteiger partial charge in [-0.2, -0.15) is 0 Å². The van der Waals surface area contributed by atoms with Crippen LogP contribution in [0.5, 0.6) is 0 Å². The molecule has 0 saturated heterocycles. The van der Waals surface area contributed by atoms with E-state index in [9.17, 15) is 4.79 Å². The molecule has 4 nitrogen and oxygen atoms in total. The molecule has 72 valence electrons. The van der Waals surface area contributed by atoms with Crippen molar-refractivity contribution in [2.24, 2.45) is 5.73 Å². The van der Waals surface area contributed by atoms with Gasteiger partial charge in [0, 0.05) is 43.2 Å². The number of hydrogen-bond acceptors (Lipinski definition) is 3. The van der Waals surface area contributed by atoms with E-state index in [0.29, 0.717) is 13.1 Å². The average molecular weight is 181 g/mol. The van der Waals surface area contributed by atoms with Crippen LogP contribution in [0.1, 0.15) is 11.3 Å². The predicted molar refractivity (Wildman–Crippen MR) is 52.6 cm³/mol. The highest BCUT2D eigenvalue weighted by molar-refractivity contribution is 5.13. The molecule has 4 heteroatoms. The first-order valence-electron chi connectivity index (χ1n) is 4.33. The van der Waals surface area contributed by atoms with Gasteiger partial charge < -0.3 is 16.0 Å². The van der Waals surface area contributed by atoms with Crippen LogP contribution in [0.2, 0.25) is 0 Å². The van der Waals surface area contributed by atoms with E-state index >= 15 is 0 Å². The van der Waals surface area contributed by atoms with Crippen molar-refractivity contribution >= 4 is 0 Å². The molecule has 0 saturated carbocycles. The molecule has 0 spiro atoms. The Kier molecular flexibility index (Phi) is 3.67. The lowest BCUT2D eigenvalue weighted by atomic mass is 10.2. The van der Waals surface area contributed by atoms with Crippen LogP contribution in [0.25, 0.3) is 0 Å². The summed E-state index contributed by atoms with van der Waals surface area (Å²) in [5.41, 5.74) is 7.01.